The predicted octanol–water partition coefficient (Wildman–Crippen LogP) is 2.82. The lowest BCUT2D eigenvalue weighted by atomic mass is 10.0. The highest BCUT2D eigenvalue weighted by molar-refractivity contribution is 5.92. The molecule has 6 heteroatoms. The first-order chi connectivity index (χ1) is 11.7. The minimum atomic E-state index is -0.542. The molecule has 0 heterocycles. The Balaban J connectivity index is 2.19. The molecule has 0 fully saturated rings. The Morgan fingerprint density at radius 2 is 1.88 bits per heavy atom. The second-order valence-corrected chi connectivity index (χ2v) is 6.92. The highest BCUT2D eigenvalue weighted by Gasteiger charge is 2.15. The first-order valence-electron chi connectivity index (χ1n) is 8.55. The number of nitrogens with one attached hydrogen (secondary N) is 1. The van der Waals surface area contributed by atoms with E-state index in [-0.39, 0.29) is 23.8 Å². The third-order valence-electron chi connectivity index (χ3n) is 3.48. The van der Waals surface area contributed by atoms with Crippen molar-refractivity contribution in [3.8, 4) is 5.75 Å². The Morgan fingerprint density at radius 3 is 2.48 bits per heavy atom. The summed E-state index contributed by atoms with van der Waals surface area (Å²) in [4.78, 5) is 22.9. The van der Waals surface area contributed by atoms with Crippen LogP contribution in [0.3, 0.4) is 0 Å². The van der Waals surface area contributed by atoms with Gasteiger partial charge in [-0.2, -0.15) is 0 Å². The van der Waals surface area contributed by atoms with E-state index in [1.54, 1.807) is 12.1 Å². The van der Waals surface area contributed by atoms with E-state index in [1.807, 2.05) is 26.8 Å². The zero-order valence-corrected chi connectivity index (χ0v) is 15.6. The van der Waals surface area contributed by atoms with Gasteiger partial charge < -0.3 is 19.9 Å². The van der Waals surface area contributed by atoms with Crippen LogP contribution in [0.15, 0.2) is 18.2 Å². The van der Waals surface area contributed by atoms with E-state index in [4.69, 9.17) is 4.74 Å². The van der Waals surface area contributed by atoms with Gasteiger partial charge in [0.2, 0.25) is 0 Å². The molecule has 2 N–H and O–H groups in total. The number of phenols is 1. The van der Waals surface area contributed by atoms with Gasteiger partial charge in [-0.25, -0.2) is 4.79 Å². The van der Waals surface area contributed by atoms with Crippen LogP contribution in [-0.4, -0.2) is 42.8 Å². The van der Waals surface area contributed by atoms with Gasteiger partial charge in [0.15, 0.2) is 0 Å². The van der Waals surface area contributed by atoms with Gasteiger partial charge in [0.25, 0.3) is 0 Å². The summed E-state index contributed by atoms with van der Waals surface area (Å²) in [6.07, 6.45) is 3.74. The molecule has 0 radical (unpaired) electrons. The smallest absolute Gasteiger partial charge is 0.341 e. The summed E-state index contributed by atoms with van der Waals surface area (Å²) in [5, 5.41) is 12.9. The average Bonchev–Trinajstić information content (AvgIpc) is 2.51. The highest BCUT2D eigenvalue weighted by Crippen LogP contribution is 2.21. The first-order valence-corrected chi connectivity index (χ1v) is 8.55. The quantitative estimate of drug-likeness (QED) is 0.526. The number of phenolic OH excluding ortho intramolecular Hbond substituents is 1. The van der Waals surface area contributed by atoms with Crippen LogP contribution in [0.4, 0.5) is 0 Å². The summed E-state index contributed by atoms with van der Waals surface area (Å²) in [5.41, 5.74) is 0.706. The lowest BCUT2D eigenvalue weighted by Gasteiger charge is -2.19. The molecule has 0 aliphatic heterocycles. The van der Waals surface area contributed by atoms with Crippen LogP contribution in [0, 0.1) is 0 Å². The number of hydrogen-bond acceptors (Lipinski definition) is 6. The van der Waals surface area contributed by atoms with Crippen molar-refractivity contribution in [3.63, 3.8) is 0 Å². The molecule has 140 valence electrons. The monoisotopic (exact) mass is 351 g/mol. The largest absolute Gasteiger partial charge is 0.507 e. The van der Waals surface area contributed by atoms with Gasteiger partial charge in [0.05, 0.1) is 13.7 Å². The minimum Gasteiger partial charge on any atom is -0.507 e. The minimum absolute atomic E-state index is 0.0524. The third-order valence-corrected chi connectivity index (χ3v) is 3.48. The SMILES string of the molecule is COC(=O)c1ccc(CCCCCNCC(=O)OC(C)(C)C)cc1O. The van der Waals surface area contributed by atoms with Crippen molar-refractivity contribution in [3.05, 3.63) is 29.3 Å². The van der Waals surface area contributed by atoms with E-state index in [0.29, 0.717) is 0 Å². The fourth-order valence-electron chi connectivity index (χ4n) is 2.34. The molecular formula is C19H29NO5. The molecule has 0 unspecified atom stereocenters. The standard InChI is InChI=1S/C19H29NO5/c1-19(2,3)25-17(22)13-20-11-7-5-6-8-14-9-10-15(16(21)12-14)18(23)24-4/h9-10,12,20-21H,5-8,11,13H2,1-4H3. The number of rotatable bonds is 9. The molecular weight excluding hydrogens is 322 g/mol. The van der Waals surface area contributed by atoms with Crippen LogP contribution < -0.4 is 5.32 Å². The van der Waals surface area contributed by atoms with Crippen LogP contribution in [0.5, 0.6) is 5.75 Å². The summed E-state index contributed by atoms with van der Waals surface area (Å²) in [5.74, 6) is -0.836. The van der Waals surface area contributed by atoms with Crippen molar-refractivity contribution in [1.29, 1.82) is 0 Å². The van der Waals surface area contributed by atoms with Gasteiger partial charge in [-0.05, 0) is 64.3 Å². The molecule has 1 rings (SSSR count). The molecule has 0 atom stereocenters. The number of esters is 2. The Kier molecular flexibility index (Phi) is 8.41. The molecule has 0 aromatic heterocycles. The molecule has 0 saturated carbocycles. The number of aryl methyl sites for hydroxylation is 1. The Labute approximate surface area is 149 Å². The van der Waals surface area contributed by atoms with E-state index in [2.05, 4.69) is 10.1 Å². The fourth-order valence-corrected chi connectivity index (χ4v) is 2.34. The van der Waals surface area contributed by atoms with Gasteiger partial charge in [-0.1, -0.05) is 12.5 Å². The van der Waals surface area contributed by atoms with Gasteiger partial charge >= 0.3 is 11.9 Å². The normalized spacial score (nSPS) is 11.2. The van der Waals surface area contributed by atoms with Gasteiger partial charge in [-0.3, -0.25) is 4.79 Å². The van der Waals surface area contributed by atoms with E-state index in [9.17, 15) is 14.7 Å². The lowest BCUT2D eigenvalue weighted by molar-refractivity contribution is -0.153. The summed E-state index contributed by atoms with van der Waals surface area (Å²) in [6.45, 7) is 6.52. The summed E-state index contributed by atoms with van der Waals surface area (Å²) in [6, 6.07) is 5.01. The lowest BCUT2D eigenvalue weighted by Crippen LogP contribution is -2.31. The Morgan fingerprint density at radius 1 is 1.16 bits per heavy atom. The molecule has 0 aliphatic carbocycles. The average molecular weight is 351 g/mol. The van der Waals surface area contributed by atoms with Crippen molar-refractivity contribution in [2.45, 2.75) is 52.1 Å². The zero-order valence-electron chi connectivity index (χ0n) is 15.6. The van der Waals surface area contributed by atoms with Crippen LogP contribution in [0.2, 0.25) is 0 Å². The molecule has 0 aliphatic rings. The Bertz CT molecular complexity index is 578. The molecule has 1 aromatic rings. The zero-order chi connectivity index (χ0) is 18.9. The molecule has 1 aromatic carbocycles. The van der Waals surface area contributed by atoms with E-state index >= 15 is 0 Å². The van der Waals surface area contributed by atoms with Crippen molar-refractivity contribution in [1.82, 2.24) is 5.32 Å². The number of unbranched alkanes of at least 4 members (excludes halogenated alkanes) is 2. The van der Waals surface area contributed by atoms with Gasteiger partial charge in [0, 0.05) is 0 Å². The topological polar surface area (TPSA) is 84.9 Å². The maximum atomic E-state index is 11.5. The van der Waals surface area contributed by atoms with Crippen LogP contribution in [0.25, 0.3) is 0 Å². The summed E-state index contributed by atoms with van der Waals surface area (Å²) in [7, 11) is 1.28. The summed E-state index contributed by atoms with van der Waals surface area (Å²) >= 11 is 0. The number of hydrogen-bond donors (Lipinski definition) is 2. The molecule has 0 amide bonds. The predicted molar refractivity (Wildman–Crippen MR) is 95.7 cm³/mol. The molecule has 0 saturated heterocycles. The van der Waals surface area contributed by atoms with Crippen molar-refractivity contribution in [2.75, 3.05) is 20.2 Å². The molecule has 25 heavy (non-hydrogen) atoms. The maximum absolute atomic E-state index is 11.5. The second kappa shape index (κ2) is 10.0. The maximum Gasteiger partial charge on any atom is 0.341 e. The number of carbonyl (C=O) groups is 2. The van der Waals surface area contributed by atoms with E-state index in [1.165, 1.54) is 7.11 Å². The number of carbonyl (C=O) groups excluding carboxylic acids is 2. The second-order valence-electron chi connectivity index (χ2n) is 6.92. The van der Waals surface area contributed by atoms with E-state index < -0.39 is 11.6 Å². The number of ether oxygens (including phenoxy) is 2. The fraction of sp³-hybridized carbons (Fsp3) is 0.579. The van der Waals surface area contributed by atoms with Crippen molar-refractivity contribution in [2.24, 2.45) is 0 Å². The summed E-state index contributed by atoms with van der Waals surface area (Å²) < 4.78 is 9.81. The van der Waals surface area contributed by atoms with Crippen LogP contribution >= 0.6 is 0 Å². The third kappa shape index (κ3) is 8.54. The molecule has 0 bridgehead atoms. The van der Waals surface area contributed by atoms with Crippen LogP contribution in [-0.2, 0) is 20.7 Å². The van der Waals surface area contributed by atoms with Gasteiger partial charge in [0.1, 0.15) is 16.9 Å². The molecule has 6 nitrogen and oxygen atoms in total. The van der Waals surface area contributed by atoms with E-state index in [0.717, 1.165) is 37.8 Å². The van der Waals surface area contributed by atoms with Crippen LogP contribution in [0.1, 0.15) is 56.0 Å². The first kappa shape index (κ1) is 21.0. The van der Waals surface area contributed by atoms with Crippen molar-refractivity contribution >= 4 is 11.9 Å². The highest BCUT2D eigenvalue weighted by atomic mass is 16.6. The number of benzene rings is 1. The number of methoxy groups -OCH3 is 1. The number of aromatic hydroxyl groups is 1. The van der Waals surface area contributed by atoms with Gasteiger partial charge in [-0.15, -0.1) is 0 Å². The molecule has 0 spiro atoms. The van der Waals surface area contributed by atoms with Crippen molar-refractivity contribution < 1.29 is 24.2 Å². The Hall–Kier alpha value is -2.08.